The van der Waals surface area contributed by atoms with Gasteiger partial charge in [0.25, 0.3) is 0 Å². The van der Waals surface area contributed by atoms with Gasteiger partial charge in [0.1, 0.15) is 11.5 Å². The molecule has 3 aromatic rings. The lowest BCUT2D eigenvalue weighted by Gasteiger charge is -2.14. The molecule has 0 bridgehead atoms. The Morgan fingerprint density at radius 2 is 1.48 bits per heavy atom. The van der Waals surface area contributed by atoms with Crippen LogP contribution in [0, 0.1) is 0 Å². The normalized spacial score (nSPS) is 10.8. The number of alkyl halides is 3. The second-order valence-corrected chi connectivity index (χ2v) is 6.14. The van der Waals surface area contributed by atoms with Crippen LogP contribution in [-0.4, -0.2) is 25.3 Å². The number of anilines is 1. The molecular weight excluding hydrogens is 415 g/mol. The van der Waals surface area contributed by atoms with Crippen molar-refractivity contribution in [2.75, 3.05) is 12.4 Å². The molecule has 6 nitrogen and oxygen atoms in total. The predicted molar refractivity (Wildman–Crippen MR) is 106 cm³/mol. The molecule has 0 aliphatic rings. The molecule has 0 atom stereocenters. The molecule has 9 heteroatoms. The number of esters is 1. The van der Waals surface area contributed by atoms with E-state index in [-0.39, 0.29) is 17.2 Å². The van der Waals surface area contributed by atoms with Gasteiger partial charge in [0.05, 0.1) is 12.8 Å². The Morgan fingerprint density at radius 1 is 0.839 bits per heavy atom. The monoisotopic (exact) mass is 431 g/mol. The third kappa shape index (κ3) is 5.99. The molecule has 0 spiro atoms. The minimum Gasteiger partial charge on any atom is -0.462 e. The molecule has 0 unspecified atom stereocenters. The summed E-state index contributed by atoms with van der Waals surface area (Å²) in [7, 11) is 1.07. The smallest absolute Gasteiger partial charge is 0.462 e. The molecule has 0 radical (unpaired) electrons. The Bertz CT molecular complexity index is 1070. The van der Waals surface area contributed by atoms with Crippen LogP contribution >= 0.6 is 0 Å². The van der Waals surface area contributed by atoms with Gasteiger partial charge in [-0.25, -0.2) is 4.79 Å². The van der Waals surface area contributed by atoms with Crippen molar-refractivity contribution in [3.8, 4) is 28.4 Å². The predicted octanol–water partition coefficient (Wildman–Crippen LogP) is 5.16. The van der Waals surface area contributed by atoms with E-state index in [0.717, 1.165) is 7.11 Å². The number of halogens is 3. The van der Waals surface area contributed by atoms with E-state index < -0.39 is 18.2 Å². The van der Waals surface area contributed by atoms with Crippen LogP contribution in [0.15, 0.2) is 72.8 Å². The Hall–Kier alpha value is -4.01. The number of rotatable bonds is 5. The molecule has 3 aromatic carbocycles. The van der Waals surface area contributed by atoms with Crippen molar-refractivity contribution in [3.63, 3.8) is 0 Å². The molecule has 0 saturated carbocycles. The third-order valence-corrected chi connectivity index (χ3v) is 3.99. The minimum atomic E-state index is -4.79. The summed E-state index contributed by atoms with van der Waals surface area (Å²) in [4.78, 5) is 23.5. The third-order valence-electron chi connectivity index (χ3n) is 3.99. The van der Waals surface area contributed by atoms with E-state index in [4.69, 9.17) is 4.74 Å². The van der Waals surface area contributed by atoms with Crippen molar-refractivity contribution in [1.29, 1.82) is 0 Å². The van der Waals surface area contributed by atoms with Crippen molar-refractivity contribution >= 4 is 17.6 Å². The van der Waals surface area contributed by atoms with E-state index in [1.165, 1.54) is 30.3 Å². The van der Waals surface area contributed by atoms with Crippen molar-refractivity contribution in [2.24, 2.45) is 0 Å². The number of carbonyl (C=O) groups is 2. The number of hydrogen-bond acceptors (Lipinski definition) is 5. The van der Waals surface area contributed by atoms with Gasteiger partial charge >= 0.3 is 18.2 Å². The zero-order valence-electron chi connectivity index (χ0n) is 16.1. The lowest BCUT2D eigenvalue weighted by molar-refractivity contribution is -0.274. The summed E-state index contributed by atoms with van der Waals surface area (Å²) < 4.78 is 51.1. The highest BCUT2D eigenvalue weighted by atomic mass is 19.4. The maximum atomic E-state index is 12.3. The fourth-order valence-corrected chi connectivity index (χ4v) is 2.63. The van der Waals surface area contributed by atoms with Crippen LogP contribution < -0.4 is 14.8 Å². The highest BCUT2D eigenvalue weighted by Gasteiger charge is 2.31. The van der Waals surface area contributed by atoms with Crippen LogP contribution in [-0.2, 0) is 14.3 Å². The summed E-state index contributed by atoms with van der Waals surface area (Å²) in [5, 5.41) is 2.42. The number of para-hydroxylation sites is 1. The van der Waals surface area contributed by atoms with Crippen molar-refractivity contribution < 1.29 is 37.0 Å². The van der Waals surface area contributed by atoms with Crippen molar-refractivity contribution in [3.05, 3.63) is 72.8 Å². The van der Waals surface area contributed by atoms with E-state index in [1.54, 1.807) is 36.4 Å². The lowest BCUT2D eigenvalue weighted by Crippen LogP contribution is -2.24. The zero-order chi connectivity index (χ0) is 22.4. The van der Waals surface area contributed by atoms with Crippen LogP contribution in [0.3, 0.4) is 0 Å². The van der Waals surface area contributed by atoms with Crippen LogP contribution in [0.2, 0.25) is 0 Å². The number of methoxy groups -OCH3 is 1. The number of amides is 1. The molecular formula is C22H16F3NO5. The van der Waals surface area contributed by atoms with Gasteiger partial charge in [-0.15, -0.1) is 13.2 Å². The highest BCUT2D eigenvalue weighted by molar-refractivity contribution is 6.37. The Labute approximate surface area is 175 Å². The first kappa shape index (κ1) is 21.7. The van der Waals surface area contributed by atoms with Gasteiger partial charge in [0.2, 0.25) is 0 Å². The van der Waals surface area contributed by atoms with Gasteiger partial charge in [-0.05, 0) is 47.5 Å². The molecule has 0 fully saturated rings. The van der Waals surface area contributed by atoms with Crippen LogP contribution in [0.25, 0.3) is 11.1 Å². The number of carbonyl (C=O) groups excluding carboxylic acids is 2. The quantitative estimate of drug-likeness (QED) is 0.447. The SMILES string of the molecule is COC(=O)C(=O)Nc1cc(-c2ccc(OC(F)(F)F)cc2)ccc1Oc1ccccc1. The van der Waals surface area contributed by atoms with E-state index >= 15 is 0 Å². The average molecular weight is 431 g/mol. The van der Waals surface area contributed by atoms with Gasteiger partial charge in [-0.3, -0.25) is 4.79 Å². The highest BCUT2D eigenvalue weighted by Crippen LogP contribution is 2.35. The number of nitrogens with one attached hydrogen (secondary N) is 1. The van der Waals surface area contributed by atoms with Crippen LogP contribution in [0.1, 0.15) is 0 Å². The average Bonchev–Trinajstić information content (AvgIpc) is 2.74. The first-order chi connectivity index (χ1) is 14.7. The van der Waals surface area contributed by atoms with Crippen molar-refractivity contribution in [1.82, 2.24) is 0 Å². The topological polar surface area (TPSA) is 73.9 Å². The molecule has 3 rings (SSSR count). The van der Waals surface area contributed by atoms with Gasteiger partial charge < -0.3 is 19.5 Å². The maximum Gasteiger partial charge on any atom is 0.573 e. The van der Waals surface area contributed by atoms with Crippen LogP contribution in [0.5, 0.6) is 17.2 Å². The van der Waals surface area contributed by atoms with Crippen LogP contribution in [0.4, 0.5) is 18.9 Å². The van der Waals surface area contributed by atoms with Gasteiger partial charge in [-0.1, -0.05) is 36.4 Å². The van der Waals surface area contributed by atoms with E-state index in [2.05, 4.69) is 14.8 Å². The fraction of sp³-hybridized carbons (Fsp3) is 0.0909. The molecule has 1 amide bonds. The second-order valence-electron chi connectivity index (χ2n) is 6.14. The fourth-order valence-electron chi connectivity index (χ4n) is 2.63. The second kappa shape index (κ2) is 9.21. The molecule has 31 heavy (non-hydrogen) atoms. The molecule has 0 saturated heterocycles. The summed E-state index contributed by atoms with van der Waals surface area (Å²) in [6.07, 6.45) is -4.79. The minimum absolute atomic E-state index is 0.173. The molecule has 0 aliphatic carbocycles. The number of ether oxygens (including phenoxy) is 3. The zero-order valence-corrected chi connectivity index (χ0v) is 16.1. The van der Waals surface area contributed by atoms with Gasteiger partial charge in [0, 0.05) is 0 Å². The Balaban J connectivity index is 1.92. The van der Waals surface area contributed by atoms with Gasteiger partial charge in [-0.2, -0.15) is 0 Å². The van der Waals surface area contributed by atoms with E-state index in [1.807, 2.05) is 6.07 Å². The summed E-state index contributed by atoms with van der Waals surface area (Å²) in [6, 6.07) is 18.7. The molecule has 160 valence electrons. The summed E-state index contributed by atoms with van der Waals surface area (Å²) in [6.45, 7) is 0. The molecule has 0 aliphatic heterocycles. The van der Waals surface area contributed by atoms with E-state index in [0.29, 0.717) is 16.9 Å². The maximum absolute atomic E-state index is 12.3. The lowest BCUT2D eigenvalue weighted by atomic mass is 10.0. The molecule has 1 N–H and O–H groups in total. The molecule has 0 heterocycles. The standard InChI is InChI=1S/C22H16F3NO5/c1-29-21(28)20(27)26-18-13-15(9-12-19(18)30-16-5-3-2-4-6-16)14-7-10-17(11-8-14)31-22(23,24)25/h2-13H,1H3,(H,26,27). The summed E-state index contributed by atoms with van der Waals surface area (Å²) in [5.74, 6) is -1.71. The number of hydrogen-bond donors (Lipinski definition) is 1. The first-order valence-corrected chi connectivity index (χ1v) is 8.87. The Kier molecular flexibility index (Phi) is 6.44. The first-order valence-electron chi connectivity index (χ1n) is 8.87. The van der Waals surface area contributed by atoms with Gasteiger partial charge in [0.15, 0.2) is 5.75 Å². The largest absolute Gasteiger partial charge is 0.573 e. The van der Waals surface area contributed by atoms with E-state index in [9.17, 15) is 22.8 Å². The van der Waals surface area contributed by atoms with Crippen molar-refractivity contribution in [2.45, 2.75) is 6.36 Å². The Morgan fingerprint density at radius 3 is 2.10 bits per heavy atom. The molecule has 0 aromatic heterocycles. The summed E-state index contributed by atoms with van der Waals surface area (Å²) in [5.41, 5.74) is 1.28. The summed E-state index contributed by atoms with van der Waals surface area (Å²) >= 11 is 0. The number of benzene rings is 3.